The number of alkyl carbamates (subject to hydrolysis) is 1. The minimum atomic E-state index is -0.499. The number of rotatable bonds is 8. The molecule has 1 fully saturated rings. The Morgan fingerprint density at radius 1 is 1.04 bits per heavy atom. The van der Waals surface area contributed by atoms with Crippen molar-refractivity contribution in [2.24, 2.45) is 0 Å². The van der Waals surface area contributed by atoms with Crippen LogP contribution >= 0.6 is 0 Å². The highest BCUT2D eigenvalue weighted by Crippen LogP contribution is 2.09. The van der Waals surface area contributed by atoms with Gasteiger partial charge >= 0.3 is 6.09 Å². The number of ether oxygens (including phenoxy) is 1. The average Bonchev–Trinajstić information content (AvgIpc) is 2.65. The number of hydrogen-bond donors (Lipinski definition) is 1. The minimum absolute atomic E-state index is 0.176. The van der Waals surface area contributed by atoms with Crippen LogP contribution in [0.5, 0.6) is 0 Å². The Morgan fingerprint density at radius 2 is 1.71 bits per heavy atom. The molecule has 0 unspecified atom stereocenters. The number of nitrogens with one attached hydrogen (secondary N) is 1. The number of amides is 2. The quantitative estimate of drug-likeness (QED) is 0.694. The van der Waals surface area contributed by atoms with Gasteiger partial charge in [0.25, 0.3) is 0 Å². The van der Waals surface area contributed by atoms with Crippen LogP contribution in [0.25, 0.3) is 0 Å². The van der Waals surface area contributed by atoms with Crippen LogP contribution in [0.4, 0.5) is 4.79 Å². The van der Waals surface area contributed by atoms with Crippen molar-refractivity contribution >= 4 is 12.0 Å². The Balaban J connectivity index is 1.54. The van der Waals surface area contributed by atoms with Crippen LogP contribution in [-0.2, 0) is 16.0 Å². The van der Waals surface area contributed by atoms with Crippen LogP contribution in [0, 0.1) is 0 Å². The molecule has 2 amide bonds. The van der Waals surface area contributed by atoms with Gasteiger partial charge in [0.05, 0.1) is 0 Å². The molecule has 0 spiro atoms. The van der Waals surface area contributed by atoms with Crippen molar-refractivity contribution in [2.45, 2.75) is 52.1 Å². The van der Waals surface area contributed by atoms with Gasteiger partial charge in [0.15, 0.2) is 0 Å². The van der Waals surface area contributed by atoms with Crippen LogP contribution in [-0.4, -0.2) is 66.7 Å². The summed E-state index contributed by atoms with van der Waals surface area (Å²) in [5, 5.41) is 2.70. The monoisotopic (exact) mass is 389 g/mol. The molecule has 1 N–H and O–H groups in total. The van der Waals surface area contributed by atoms with Crippen molar-refractivity contribution in [3.05, 3.63) is 35.9 Å². The second-order valence-corrected chi connectivity index (χ2v) is 8.34. The van der Waals surface area contributed by atoms with E-state index in [-0.39, 0.29) is 5.91 Å². The zero-order valence-electron chi connectivity index (χ0n) is 17.6. The van der Waals surface area contributed by atoms with E-state index in [1.165, 1.54) is 5.56 Å². The van der Waals surface area contributed by atoms with Crippen LogP contribution in [0.1, 0.15) is 45.6 Å². The van der Waals surface area contributed by atoms with Crippen molar-refractivity contribution in [2.75, 3.05) is 39.3 Å². The summed E-state index contributed by atoms with van der Waals surface area (Å²) in [6.45, 7) is 10.5. The highest BCUT2D eigenvalue weighted by molar-refractivity contribution is 5.76. The summed E-state index contributed by atoms with van der Waals surface area (Å²) in [5.74, 6) is 0.176. The maximum absolute atomic E-state index is 12.3. The highest BCUT2D eigenvalue weighted by Gasteiger charge is 2.20. The lowest BCUT2D eigenvalue weighted by Gasteiger charge is -2.34. The van der Waals surface area contributed by atoms with Crippen molar-refractivity contribution in [1.29, 1.82) is 0 Å². The van der Waals surface area contributed by atoms with Crippen LogP contribution in [0.15, 0.2) is 30.3 Å². The molecule has 156 valence electrons. The number of benzene rings is 1. The normalized spacial score (nSPS) is 15.3. The van der Waals surface area contributed by atoms with E-state index in [1.54, 1.807) is 0 Å². The van der Waals surface area contributed by atoms with Gasteiger partial charge in [0, 0.05) is 39.1 Å². The Hall–Kier alpha value is -2.08. The van der Waals surface area contributed by atoms with Crippen molar-refractivity contribution in [3.8, 4) is 0 Å². The summed E-state index contributed by atoms with van der Waals surface area (Å²) < 4.78 is 5.18. The van der Waals surface area contributed by atoms with Gasteiger partial charge in [-0.15, -0.1) is 0 Å². The molecule has 1 heterocycles. The Kier molecular flexibility index (Phi) is 8.77. The average molecular weight is 390 g/mol. The lowest BCUT2D eigenvalue weighted by molar-refractivity contribution is -0.133. The summed E-state index contributed by atoms with van der Waals surface area (Å²) in [6.07, 6.45) is 2.92. The van der Waals surface area contributed by atoms with Gasteiger partial charge in [0.2, 0.25) is 5.91 Å². The van der Waals surface area contributed by atoms with Crippen molar-refractivity contribution in [1.82, 2.24) is 15.1 Å². The van der Waals surface area contributed by atoms with Gasteiger partial charge in [-0.25, -0.2) is 4.79 Å². The third kappa shape index (κ3) is 8.74. The molecule has 6 nitrogen and oxygen atoms in total. The third-order valence-electron chi connectivity index (χ3n) is 4.74. The van der Waals surface area contributed by atoms with Crippen molar-refractivity contribution in [3.63, 3.8) is 0 Å². The smallest absolute Gasteiger partial charge is 0.407 e. The summed E-state index contributed by atoms with van der Waals surface area (Å²) in [6, 6.07) is 10.6. The molecule has 2 rings (SSSR count). The molecule has 0 aromatic heterocycles. The van der Waals surface area contributed by atoms with E-state index >= 15 is 0 Å². The lowest BCUT2D eigenvalue weighted by atomic mass is 10.1. The minimum Gasteiger partial charge on any atom is -0.444 e. The largest absolute Gasteiger partial charge is 0.444 e. The van der Waals surface area contributed by atoms with E-state index in [0.29, 0.717) is 19.4 Å². The van der Waals surface area contributed by atoms with Gasteiger partial charge < -0.3 is 15.0 Å². The standard InChI is InChI=1S/C22H35N3O3/c1-22(2,3)28-21(27)23-13-7-12-20(26)25-17-15-24(16-18-25)14-8-11-19-9-5-4-6-10-19/h4-6,9-10H,7-8,11-18H2,1-3H3,(H,23,27). The van der Waals surface area contributed by atoms with E-state index in [1.807, 2.05) is 31.7 Å². The second kappa shape index (κ2) is 11.1. The Labute approximate surface area is 169 Å². The number of hydrogen-bond acceptors (Lipinski definition) is 4. The van der Waals surface area contributed by atoms with Crippen molar-refractivity contribution < 1.29 is 14.3 Å². The van der Waals surface area contributed by atoms with E-state index in [9.17, 15) is 9.59 Å². The number of carbonyl (C=O) groups excluding carboxylic acids is 2. The predicted octanol–water partition coefficient (Wildman–Crippen LogP) is 3.07. The molecule has 1 aromatic carbocycles. The summed E-state index contributed by atoms with van der Waals surface area (Å²) >= 11 is 0. The van der Waals surface area contributed by atoms with E-state index in [0.717, 1.165) is 45.6 Å². The van der Waals surface area contributed by atoms with Gasteiger partial charge in [-0.3, -0.25) is 9.69 Å². The topological polar surface area (TPSA) is 61.9 Å². The van der Waals surface area contributed by atoms with E-state index < -0.39 is 11.7 Å². The molecule has 1 aliphatic rings. The molecule has 1 saturated heterocycles. The maximum Gasteiger partial charge on any atom is 0.407 e. The van der Waals surface area contributed by atoms with Gasteiger partial charge in [-0.2, -0.15) is 0 Å². The van der Waals surface area contributed by atoms with Crippen LogP contribution in [0.2, 0.25) is 0 Å². The van der Waals surface area contributed by atoms with Gasteiger partial charge in [0.1, 0.15) is 5.60 Å². The number of nitrogens with zero attached hydrogens (tertiary/aromatic N) is 2. The molecule has 1 aliphatic heterocycles. The fourth-order valence-corrected chi connectivity index (χ4v) is 3.27. The number of piperazine rings is 1. The van der Waals surface area contributed by atoms with Crippen LogP contribution in [0.3, 0.4) is 0 Å². The molecule has 0 bridgehead atoms. The summed E-state index contributed by atoms with van der Waals surface area (Å²) in [7, 11) is 0. The molecule has 0 aliphatic carbocycles. The third-order valence-corrected chi connectivity index (χ3v) is 4.74. The first kappa shape index (κ1) is 22.2. The second-order valence-electron chi connectivity index (χ2n) is 8.34. The zero-order valence-corrected chi connectivity index (χ0v) is 17.6. The molecule has 0 radical (unpaired) electrons. The fraction of sp³-hybridized carbons (Fsp3) is 0.636. The summed E-state index contributed by atoms with van der Waals surface area (Å²) in [5.41, 5.74) is 0.886. The highest BCUT2D eigenvalue weighted by atomic mass is 16.6. The molecule has 1 aromatic rings. The first-order valence-corrected chi connectivity index (χ1v) is 10.3. The molecular weight excluding hydrogens is 354 g/mol. The fourth-order valence-electron chi connectivity index (χ4n) is 3.27. The Bertz CT molecular complexity index is 605. The van der Waals surface area contributed by atoms with E-state index in [4.69, 9.17) is 4.74 Å². The molecule has 6 heteroatoms. The molecule has 28 heavy (non-hydrogen) atoms. The Morgan fingerprint density at radius 3 is 2.36 bits per heavy atom. The molecule has 0 atom stereocenters. The number of aryl methyl sites for hydroxylation is 1. The van der Waals surface area contributed by atoms with Crippen LogP contribution < -0.4 is 5.32 Å². The SMILES string of the molecule is CC(C)(C)OC(=O)NCCCC(=O)N1CCN(CCCc2ccccc2)CC1. The first-order chi connectivity index (χ1) is 13.3. The zero-order chi connectivity index (χ0) is 20.4. The summed E-state index contributed by atoms with van der Waals surface area (Å²) in [4.78, 5) is 28.3. The molecule has 0 saturated carbocycles. The maximum atomic E-state index is 12.3. The lowest BCUT2D eigenvalue weighted by Crippen LogP contribution is -2.49. The first-order valence-electron chi connectivity index (χ1n) is 10.3. The molecular formula is C22H35N3O3. The predicted molar refractivity (Wildman–Crippen MR) is 111 cm³/mol. The van der Waals surface area contributed by atoms with Gasteiger partial charge in [-0.05, 0) is 52.1 Å². The number of carbonyl (C=O) groups is 2. The van der Waals surface area contributed by atoms with Gasteiger partial charge in [-0.1, -0.05) is 30.3 Å². The van der Waals surface area contributed by atoms with E-state index in [2.05, 4.69) is 34.5 Å².